The molecule has 0 radical (unpaired) electrons. The second kappa shape index (κ2) is 6.23. The standard InChI is InChI=1S/C10H14N4O4S/c1-4(2)7-8(19-14-13-7)9(16)12-5(10(17)18)3-6(11)15/h4-5H,3H2,1-2H3,(H2,11,15)(H,12,16)(H,17,18)/t5-/m0/s1. The lowest BCUT2D eigenvalue weighted by Gasteiger charge is -2.12. The molecule has 1 aromatic rings. The van der Waals surface area contributed by atoms with Crippen LogP contribution in [0.5, 0.6) is 0 Å². The van der Waals surface area contributed by atoms with Crippen LogP contribution in [0.4, 0.5) is 0 Å². The summed E-state index contributed by atoms with van der Waals surface area (Å²) in [5.41, 5.74) is 5.42. The first-order valence-corrected chi connectivity index (χ1v) is 6.24. The lowest BCUT2D eigenvalue weighted by atomic mass is 10.1. The molecule has 0 aromatic carbocycles. The van der Waals surface area contributed by atoms with Crippen LogP contribution < -0.4 is 11.1 Å². The number of nitrogens with two attached hydrogens (primary N) is 1. The number of hydrogen-bond acceptors (Lipinski definition) is 6. The number of carboxylic acid groups (broad SMARTS) is 1. The van der Waals surface area contributed by atoms with Gasteiger partial charge in [0.15, 0.2) is 0 Å². The minimum atomic E-state index is -1.35. The highest BCUT2D eigenvalue weighted by Gasteiger charge is 2.26. The van der Waals surface area contributed by atoms with Crippen LogP contribution in [0.15, 0.2) is 0 Å². The largest absolute Gasteiger partial charge is 0.480 e. The van der Waals surface area contributed by atoms with Crippen molar-refractivity contribution in [3.05, 3.63) is 10.6 Å². The van der Waals surface area contributed by atoms with Gasteiger partial charge in [-0.05, 0) is 17.5 Å². The van der Waals surface area contributed by atoms with Crippen molar-refractivity contribution in [3.63, 3.8) is 0 Å². The number of carboxylic acids is 1. The molecule has 0 saturated carbocycles. The first-order valence-electron chi connectivity index (χ1n) is 5.47. The van der Waals surface area contributed by atoms with E-state index in [9.17, 15) is 14.4 Å². The number of carbonyl (C=O) groups excluding carboxylic acids is 2. The van der Waals surface area contributed by atoms with Gasteiger partial charge in [0.05, 0.1) is 12.1 Å². The van der Waals surface area contributed by atoms with E-state index in [4.69, 9.17) is 10.8 Å². The molecule has 9 heteroatoms. The van der Waals surface area contributed by atoms with E-state index < -0.39 is 30.2 Å². The van der Waals surface area contributed by atoms with Gasteiger partial charge in [0.2, 0.25) is 5.91 Å². The quantitative estimate of drug-likeness (QED) is 0.658. The molecule has 0 aliphatic heterocycles. The molecule has 1 rings (SSSR count). The molecule has 0 saturated heterocycles. The normalized spacial score (nSPS) is 12.2. The molecule has 2 amide bonds. The number of carbonyl (C=O) groups is 3. The van der Waals surface area contributed by atoms with Crippen LogP contribution in [0, 0.1) is 0 Å². The van der Waals surface area contributed by atoms with Gasteiger partial charge in [-0.25, -0.2) is 4.79 Å². The Labute approximate surface area is 113 Å². The molecule has 4 N–H and O–H groups in total. The smallest absolute Gasteiger partial charge is 0.326 e. The number of nitrogens with one attached hydrogen (secondary N) is 1. The van der Waals surface area contributed by atoms with E-state index in [1.165, 1.54) is 0 Å². The van der Waals surface area contributed by atoms with Crippen molar-refractivity contribution in [2.45, 2.75) is 32.2 Å². The van der Waals surface area contributed by atoms with Gasteiger partial charge in [-0.1, -0.05) is 18.3 Å². The van der Waals surface area contributed by atoms with Crippen LogP contribution >= 0.6 is 11.5 Å². The summed E-state index contributed by atoms with van der Waals surface area (Å²) in [7, 11) is 0. The van der Waals surface area contributed by atoms with Gasteiger partial charge in [0, 0.05) is 0 Å². The number of hydrogen-bond donors (Lipinski definition) is 3. The molecule has 0 aliphatic rings. The van der Waals surface area contributed by atoms with Gasteiger partial charge in [0.25, 0.3) is 5.91 Å². The predicted octanol–water partition coefficient (Wildman–Crippen LogP) is -0.280. The fraction of sp³-hybridized carbons (Fsp3) is 0.500. The summed E-state index contributed by atoms with van der Waals surface area (Å²) < 4.78 is 3.67. The summed E-state index contributed by atoms with van der Waals surface area (Å²) in [6.07, 6.45) is -0.468. The Kier molecular flexibility index (Phi) is 4.93. The minimum Gasteiger partial charge on any atom is -0.480 e. The maximum atomic E-state index is 11.9. The van der Waals surface area contributed by atoms with Crippen LogP contribution in [0.25, 0.3) is 0 Å². The zero-order valence-electron chi connectivity index (χ0n) is 10.4. The number of primary amides is 1. The summed E-state index contributed by atoms with van der Waals surface area (Å²) in [6.45, 7) is 3.68. The zero-order valence-corrected chi connectivity index (χ0v) is 11.2. The Bertz CT molecular complexity index is 499. The average Bonchev–Trinajstić information content (AvgIpc) is 2.76. The Morgan fingerprint density at radius 1 is 1.42 bits per heavy atom. The zero-order chi connectivity index (χ0) is 14.6. The molecule has 0 unspecified atom stereocenters. The molecule has 0 aliphatic carbocycles. The summed E-state index contributed by atoms with van der Waals surface area (Å²) in [4.78, 5) is 33.8. The number of aliphatic carboxylic acids is 1. The third-order valence-corrected chi connectivity index (χ3v) is 3.02. The highest BCUT2D eigenvalue weighted by molar-refractivity contribution is 7.08. The molecule has 0 spiro atoms. The highest BCUT2D eigenvalue weighted by Crippen LogP contribution is 2.19. The SMILES string of the molecule is CC(C)c1nnsc1C(=O)N[C@@H](CC(N)=O)C(=O)O. The van der Waals surface area contributed by atoms with Gasteiger partial charge in [0.1, 0.15) is 10.9 Å². The fourth-order valence-electron chi connectivity index (χ4n) is 1.36. The van der Waals surface area contributed by atoms with Crippen molar-refractivity contribution in [2.24, 2.45) is 5.73 Å². The highest BCUT2D eigenvalue weighted by atomic mass is 32.1. The number of amides is 2. The Hall–Kier alpha value is -2.03. The van der Waals surface area contributed by atoms with E-state index in [1.807, 2.05) is 13.8 Å². The molecule has 0 fully saturated rings. The topological polar surface area (TPSA) is 135 Å². The van der Waals surface area contributed by atoms with Crippen LogP contribution in [-0.2, 0) is 9.59 Å². The van der Waals surface area contributed by atoms with E-state index in [1.54, 1.807) is 0 Å². The van der Waals surface area contributed by atoms with Crippen molar-refractivity contribution < 1.29 is 19.5 Å². The summed E-state index contributed by atoms with van der Waals surface area (Å²) in [5.74, 6) is -2.76. The molecule has 1 aromatic heterocycles. The van der Waals surface area contributed by atoms with Gasteiger partial charge in [-0.15, -0.1) is 5.10 Å². The number of aromatic nitrogens is 2. The number of nitrogens with zero attached hydrogens (tertiary/aromatic N) is 2. The maximum Gasteiger partial charge on any atom is 0.326 e. The molecule has 1 atom stereocenters. The molecule has 8 nitrogen and oxygen atoms in total. The lowest BCUT2D eigenvalue weighted by molar-refractivity contribution is -0.140. The molecule has 19 heavy (non-hydrogen) atoms. The van der Waals surface area contributed by atoms with E-state index in [2.05, 4.69) is 14.9 Å². The van der Waals surface area contributed by atoms with Gasteiger partial charge < -0.3 is 16.2 Å². The summed E-state index contributed by atoms with van der Waals surface area (Å²) >= 11 is 0.876. The van der Waals surface area contributed by atoms with Gasteiger partial charge >= 0.3 is 5.97 Å². The molecule has 0 bridgehead atoms. The fourth-order valence-corrected chi connectivity index (χ4v) is 2.08. The monoisotopic (exact) mass is 286 g/mol. The summed E-state index contributed by atoms with van der Waals surface area (Å²) in [6, 6.07) is -1.35. The van der Waals surface area contributed by atoms with Crippen molar-refractivity contribution >= 4 is 29.3 Å². The number of rotatable bonds is 6. The molecular formula is C10H14N4O4S. The lowest BCUT2D eigenvalue weighted by Crippen LogP contribution is -2.43. The van der Waals surface area contributed by atoms with E-state index in [0.29, 0.717) is 5.69 Å². The molecule has 1 heterocycles. The van der Waals surface area contributed by atoms with Crippen LogP contribution in [0.2, 0.25) is 0 Å². The second-order valence-corrected chi connectivity index (χ2v) is 4.93. The third kappa shape index (κ3) is 3.98. The van der Waals surface area contributed by atoms with Crippen molar-refractivity contribution in [2.75, 3.05) is 0 Å². The van der Waals surface area contributed by atoms with Crippen LogP contribution in [-0.4, -0.2) is 38.5 Å². The second-order valence-electron chi connectivity index (χ2n) is 4.18. The van der Waals surface area contributed by atoms with Crippen molar-refractivity contribution in [1.82, 2.24) is 14.9 Å². The summed E-state index contributed by atoms with van der Waals surface area (Å²) in [5, 5.41) is 15.0. The predicted molar refractivity (Wildman–Crippen MR) is 66.7 cm³/mol. The van der Waals surface area contributed by atoms with Crippen molar-refractivity contribution in [3.8, 4) is 0 Å². The average molecular weight is 286 g/mol. The van der Waals surface area contributed by atoms with E-state index in [-0.39, 0.29) is 10.8 Å². The van der Waals surface area contributed by atoms with Crippen molar-refractivity contribution in [1.29, 1.82) is 0 Å². The van der Waals surface area contributed by atoms with Crippen LogP contribution in [0.1, 0.15) is 41.6 Å². The Morgan fingerprint density at radius 2 is 2.05 bits per heavy atom. The Balaban J connectivity index is 2.85. The molecular weight excluding hydrogens is 272 g/mol. The van der Waals surface area contributed by atoms with Gasteiger partial charge in [-0.2, -0.15) is 0 Å². The van der Waals surface area contributed by atoms with Gasteiger partial charge in [-0.3, -0.25) is 9.59 Å². The molecule has 104 valence electrons. The first kappa shape index (κ1) is 15.0. The maximum absolute atomic E-state index is 11.9. The minimum absolute atomic E-state index is 0.0149. The first-order chi connectivity index (χ1) is 8.82. The Morgan fingerprint density at radius 3 is 2.53 bits per heavy atom. The van der Waals surface area contributed by atoms with E-state index >= 15 is 0 Å². The third-order valence-electron chi connectivity index (χ3n) is 2.28. The van der Waals surface area contributed by atoms with E-state index in [0.717, 1.165) is 11.5 Å². The van der Waals surface area contributed by atoms with Crippen LogP contribution in [0.3, 0.4) is 0 Å².